The summed E-state index contributed by atoms with van der Waals surface area (Å²) in [6, 6.07) is -0.818. The van der Waals surface area contributed by atoms with E-state index in [1.54, 1.807) is 11.8 Å². The number of amides is 1. The Morgan fingerprint density at radius 3 is 2.90 bits per heavy atom. The van der Waals surface area contributed by atoms with Crippen molar-refractivity contribution in [3.05, 3.63) is 15.9 Å². The van der Waals surface area contributed by atoms with Gasteiger partial charge < -0.3 is 10.4 Å². The Kier molecular flexibility index (Phi) is 7.08. The number of halogens is 1. The van der Waals surface area contributed by atoms with Crippen molar-refractivity contribution in [2.45, 2.75) is 38.6 Å². The average molecular weight is 364 g/mol. The molecule has 2 N–H and O–H groups in total. The second-order valence-corrected chi connectivity index (χ2v) is 6.08. The highest BCUT2D eigenvalue weighted by molar-refractivity contribution is 9.10. The van der Waals surface area contributed by atoms with Gasteiger partial charge in [-0.3, -0.25) is 9.48 Å². The molecule has 0 saturated heterocycles. The van der Waals surface area contributed by atoms with Gasteiger partial charge in [-0.1, -0.05) is 0 Å². The average Bonchev–Trinajstić information content (AvgIpc) is 2.69. The lowest BCUT2D eigenvalue weighted by Crippen LogP contribution is -2.36. The quantitative estimate of drug-likeness (QED) is 0.516. The van der Waals surface area contributed by atoms with Gasteiger partial charge in [-0.05, 0) is 42.0 Å². The largest absolute Gasteiger partial charge is 0.480 e. The summed E-state index contributed by atoms with van der Waals surface area (Å²) in [6.07, 6.45) is 0.825. The Morgan fingerprint density at radius 2 is 2.35 bits per heavy atom. The number of carbonyl (C=O) groups is 2. The lowest BCUT2D eigenvalue weighted by atomic mass is 10.2. The van der Waals surface area contributed by atoms with Gasteiger partial charge in [0.15, 0.2) is 0 Å². The lowest BCUT2D eigenvalue weighted by molar-refractivity contribution is -0.140. The Balaban J connectivity index is 2.48. The molecular weight excluding hydrogens is 346 g/mol. The smallest absolute Gasteiger partial charge is 0.326 e. The molecule has 1 rings (SSSR count). The number of hydrogen-bond acceptors (Lipinski definition) is 4. The molecule has 0 aliphatic carbocycles. The van der Waals surface area contributed by atoms with Crippen LogP contribution in [0.4, 0.5) is 0 Å². The van der Waals surface area contributed by atoms with Crippen molar-refractivity contribution >= 4 is 40.1 Å². The number of rotatable bonds is 9. The van der Waals surface area contributed by atoms with Crippen LogP contribution in [0.3, 0.4) is 0 Å². The van der Waals surface area contributed by atoms with Crippen LogP contribution < -0.4 is 5.32 Å². The van der Waals surface area contributed by atoms with Crippen molar-refractivity contribution in [3.8, 4) is 0 Å². The van der Waals surface area contributed by atoms with Gasteiger partial charge >= 0.3 is 5.97 Å². The maximum absolute atomic E-state index is 10.9. The van der Waals surface area contributed by atoms with Gasteiger partial charge in [0.2, 0.25) is 6.41 Å². The summed E-state index contributed by atoms with van der Waals surface area (Å²) in [7, 11) is 0. The minimum atomic E-state index is -1.01. The molecule has 0 spiro atoms. The van der Waals surface area contributed by atoms with Crippen molar-refractivity contribution in [2.24, 2.45) is 0 Å². The fourth-order valence-corrected chi connectivity index (χ4v) is 3.38. The van der Waals surface area contributed by atoms with E-state index in [4.69, 9.17) is 5.11 Å². The molecule has 0 bridgehead atoms. The highest BCUT2D eigenvalue weighted by Gasteiger charge is 2.16. The first-order valence-corrected chi connectivity index (χ1v) is 8.18. The van der Waals surface area contributed by atoms with Gasteiger partial charge in [0, 0.05) is 12.3 Å². The molecule has 1 amide bonds. The summed E-state index contributed by atoms with van der Waals surface area (Å²) in [5, 5.41) is 15.6. The number of thioether (sulfide) groups is 1. The topological polar surface area (TPSA) is 84.2 Å². The molecule has 0 saturated carbocycles. The Hall–Kier alpha value is -1.02. The molecule has 0 aromatic carbocycles. The third-order valence-corrected chi connectivity index (χ3v) is 4.84. The van der Waals surface area contributed by atoms with E-state index in [1.165, 1.54) is 0 Å². The van der Waals surface area contributed by atoms with E-state index in [0.717, 1.165) is 28.2 Å². The van der Waals surface area contributed by atoms with Crippen LogP contribution in [0, 0.1) is 6.92 Å². The predicted octanol–water partition coefficient (Wildman–Crippen LogP) is 1.80. The molecule has 0 aliphatic heterocycles. The number of carboxylic acids is 1. The standard InChI is InChI=1S/C12H18BrN3O3S/c1-3-16-10(11(13)8(2)15-16)6-20-5-4-9(12(18)19)14-7-17/h7,9H,3-6H2,1-2H3,(H,14,17)(H,18,19). The van der Waals surface area contributed by atoms with Crippen molar-refractivity contribution in [3.63, 3.8) is 0 Å². The number of hydrogen-bond donors (Lipinski definition) is 2. The lowest BCUT2D eigenvalue weighted by Gasteiger charge is -2.11. The zero-order valence-electron chi connectivity index (χ0n) is 11.4. The van der Waals surface area contributed by atoms with E-state index < -0.39 is 12.0 Å². The molecule has 0 fully saturated rings. The second-order valence-electron chi connectivity index (χ2n) is 4.18. The molecule has 6 nitrogen and oxygen atoms in total. The number of aliphatic carboxylic acids is 1. The maximum atomic E-state index is 10.9. The molecule has 20 heavy (non-hydrogen) atoms. The predicted molar refractivity (Wildman–Crippen MR) is 81.7 cm³/mol. The normalized spacial score (nSPS) is 12.2. The van der Waals surface area contributed by atoms with Crippen LogP contribution in [-0.4, -0.2) is 39.1 Å². The SMILES string of the molecule is CCn1nc(C)c(Br)c1CSCCC(NC=O)C(=O)O. The van der Waals surface area contributed by atoms with Crippen LogP contribution in [-0.2, 0) is 21.9 Å². The van der Waals surface area contributed by atoms with Crippen molar-refractivity contribution in [1.29, 1.82) is 0 Å². The molecule has 0 aliphatic rings. The Bertz CT molecular complexity index is 479. The van der Waals surface area contributed by atoms with E-state index in [2.05, 4.69) is 26.3 Å². The number of aromatic nitrogens is 2. The van der Waals surface area contributed by atoms with Crippen molar-refractivity contribution in [2.75, 3.05) is 5.75 Å². The second kappa shape index (κ2) is 8.31. The fourth-order valence-electron chi connectivity index (χ4n) is 1.74. The molecule has 1 aromatic heterocycles. The third-order valence-electron chi connectivity index (χ3n) is 2.81. The van der Waals surface area contributed by atoms with Crippen LogP contribution >= 0.6 is 27.7 Å². The molecule has 1 unspecified atom stereocenters. The molecular formula is C12H18BrN3O3S. The van der Waals surface area contributed by atoms with Crippen LogP contribution in [0.2, 0.25) is 0 Å². The summed E-state index contributed by atoms with van der Waals surface area (Å²) in [5.74, 6) is 0.397. The molecule has 8 heteroatoms. The summed E-state index contributed by atoms with van der Waals surface area (Å²) in [4.78, 5) is 21.2. The van der Waals surface area contributed by atoms with Gasteiger partial charge in [-0.2, -0.15) is 16.9 Å². The summed E-state index contributed by atoms with van der Waals surface area (Å²) in [6.45, 7) is 4.77. The molecule has 112 valence electrons. The number of aryl methyl sites for hydroxylation is 2. The van der Waals surface area contributed by atoms with Gasteiger partial charge in [0.05, 0.1) is 15.9 Å². The van der Waals surface area contributed by atoms with Crippen LogP contribution in [0.1, 0.15) is 24.7 Å². The zero-order chi connectivity index (χ0) is 15.1. The maximum Gasteiger partial charge on any atom is 0.326 e. The third kappa shape index (κ3) is 4.52. The van der Waals surface area contributed by atoms with Crippen LogP contribution in [0.5, 0.6) is 0 Å². The van der Waals surface area contributed by atoms with Gasteiger partial charge in [0.25, 0.3) is 0 Å². The summed E-state index contributed by atoms with van der Waals surface area (Å²) in [5.41, 5.74) is 2.05. The first-order valence-electron chi connectivity index (χ1n) is 6.23. The first kappa shape index (κ1) is 17.0. The first-order chi connectivity index (χ1) is 9.51. The van der Waals surface area contributed by atoms with Gasteiger partial charge in [-0.25, -0.2) is 4.79 Å². The molecule has 1 aromatic rings. The minimum Gasteiger partial charge on any atom is -0.480 e. The molecule has 1 atom stereocenters. The van der Waals surface area contributed by atoms with Crippen LogP contribution in [0.15, 0.2) is 4.47 Å². The minimum absolute atomic E-state index is 0.398. The van der Waals surface area contributed by atoms with Crippen molar-refractivity contribution < 1.29 is 14.7 Å². The molecule has 1 heterocycles. The fraction of sp³-hybridized carbons (Fsp3) is 0.583. The Labute approximate surface area is 130 Å². The van der Waals surface area contributed by atoms with E-state index in [0.29, 0.717) is 18.6 Å². The van der Waals surface area contributed by atoms with E-state index in [1.807, 2.05) is 18.5 Å². The van der Waals surface area contributed by atoms with E-state index in [9.17, 15) is 9.59 Å². The summed E-state index contributed by atoms with van der Waals surface area (Å²) < 4.78 is 2.94. The summed E-state index contributed by atoms with van der Waals surface area (Å²) >= 11 is 5.15. The number of carboxylic acid groups (broad SMARTS) is 1. The number of nitrogens with zero attached hydrogens (tertiary/aromatic N) is 2. The van der Waals surface area contributed by atoms with Crippen LogP contribution in [0.25, 0.3) is 0 Å². The highest BCUT2D eigenvalue weighted by Crippen LogP contribution is 2.25. The van der Waals surface area contributed by atoms with Crippen molar-refractivity contribution in [1.82, 2.24) is 15.1 Å². The monoisotopic (exact) mass is 363 g/mol. The number of nitrogens with one attached hydrogen (secondary N) is 1. The van der Waals surface area contributed by atoms with E-state index >= 15 is 0 Å². The Morgan fingerprint density at radius 1 is 1.65 bits per heavy atom. The zero-order valence-corrected chi connectivity index (χ0v) is 13.8. The molecule has 0 radical (unpaired) electrons. The highest BCUT2D eigenvalue weighted by atomic mass is 79.9. The van der Waals surface area contributed by atoms with E-state index in [-0.39, 0.29) is 0 Å². The van der Waals surface area contributed by atoms with Gasteiger partial charge in [0.1, 0.15) is 6.04 Å². The van der Waals surface area contributed by atoms with Gasteiger partial charge in [-0.15, -0.1) is 0 Å². The number of carbonyl (C=O) groups excluding carboxylic acids is 1.